The maximum absolute atomic E-state index is 12.5. The van der Waals surface area contributed by atoms with E-state index in [1.54, 1.807) is 17.1 Å². The highest BCUT2D eigenvalue weighted by Gasteiger charge is 2.34. The summed E-state index contributed by atoms with van der Waals surface area (Å²) in [6, 6.07) is 0.233. The zero-order valence-corrected chi connectivity index (χ0v) is 14.8. The monoisotopic (exact) mass is 337 g/mol. The third kappa shape index (κ3) is 4.14. The standard InChI is InChI=1S/C17H27N3O4/c1-11(2)20(12(3)4)15(21)10-19-9-13(8-18-19)16-14(17(22)23)6-5-7-24-16/h8-9,11-12,14,16H,5-7,10H2,1-4H3,(H,22,23)/t14-,16+/m1/s1. The summed E-state index contributed by atoms with van der Waals surface area (Å²) in [6.45, 7) is 8.63. The molecule has 0 unspecified atom stereocenters. The van der Waals surface area contributed by atoms with E-state index < -0.39 is 18.0 Å². The van der Waals surface area contributed by atoms with Crippen LogP contribution in [-0.2, 0) is 20.9 Å². The molecule has 0 spiro atoms. The molecule has 0 aliphatic carbocycles. The Morgan fingerprint density at radius 1 is 1.38 bits per heavy atom. The van der Waals surface area contributed by atoms with Gasteiger partial charge in [0.25, 0.3) is 0 Å². The predicted octanol–water partition coefficient (Wildman–Crippen LogP) is 2.08. The molecule has 2 atom stereocenters. The number of aliphatic carboxylic acids is 1. The molecule has 1 saturated heterocycles. The molecule has 2 heterocycles. The molecule has 1 aliphatic rings. The Labute approximate surface area is 142 Å². The van der Waals surface area contributed by atoms with Gasteiger partial charge < -0.3 is 14.7 Å². The number of carbonyl (C=O) groups excluding carboxylic acids is 1. The van der Waals surface area contributed by atoms with Gasteiger partial charge >= 0.3 is 5.97 Å². The Morgan fingerprint density at radius 3 is 2.62 bits per heavy atom. The summed E-state index contributed by atoms with van der Waals surface area (Å²) in [6.07, 6.45) is 4.18. The van der Waals surface area contributed by atoms with Crippen molar-refractivity contribution in [2.75, 3.05) is 6.61 Å². The van der Waals surface area contributed by atoms with Gasteiger partial charge in [-0.3, -0.25) is 14.3 Å². The van der Waals surface area contributed by atoms with Crippen LogP contribution in [0.15, 0.2) is 12.4 Å². The number of carboxylic acid groups (broad SMARTS) is 1. The van der Waals surface area contributed by atoms with Crippen LogP contribution in [0.1, 0.15) is 52.2 Å². The van der Waals surface area contributed by atoms with Crippen LogP contribution in [0.3, 0.4) is 0 Å². The first-order chi connectivity index (χ1) is 11.3. The van der Waals surface area contributed by atoms with Crippen molar-refractivity contribution in [3.8, 4) is 0 Å². The van der Waals surface area contributed by atoms with Crippen molar-refractivity contribution in [1.29, 1.82) is 0 Å². The van der Waals surface area contributed by atoms with Crippen LogP contribution in [0.5, 0.6) is 0 Å². The first kappa shape index (κ1) is 18.4. The van der Waals surface area contributed by atoms with Gasteiger partial charge in [0.2, 0.25) is 5.91 Å². The molecule has 134 valence electrons. The van der Waals surface area contributed by atoms with Gasteiger partial charge in [0.05, 0.1) is 18.2 Å². The van der Waals surface area contributed by atoms with Crippen LogP contribution < -0.4 is 0 Å². The van der Waals surface area contributed by atoms with Gasteiger partial charge in [-0.05, 0) is 40.5 Å². The molecular weight excluding hydrogens is 310 g/mol. The van der Waals surface area contributed by atoms with Crippen LogP contribution in [0, 0.1) is 5.92 Å². The van der Waals surface area contributed by atoms with Crippen molar-refractivity contribution < 1.29 is 19.4 Å². The smallest absolute Gasteiger partial charge is 0.309 e. The van der Waals surface area contributed by atoms with E-state index in [0.29, 0.717) is 13.0 Å². The molecule has 1 fully saturated rings. The SMILES string of the molecule is CC(C)N(C(=O)Cn1cc([C@@H]2OCCC[C@H]2C(=O)O)cn1)C(C)C. The Bertz CT molecular complexity index is 574. The molecule has 0 radical (unpaired) electrons. The molecule has 7 nitrogen and oxygen atoms in total. The Hall–Kier alpha value is -1.89. The third-order valence-electron chi connectivity index (χ3n) is 4.32. The Balaban J connectivity index is 2.10. The van der Waals surface area contributed by atoms with E-state index in [1.165, 1.54) is 0 Å². The van der Waals surface area contributed by atoms with Crippen molar-refractivity contribution >= 4 is 11.9 Å². The first-order valence-corrected chi connectivity index (χ1v) is 8.49. The zero-order chi connectivity index (χ0) is 17.9. The van der Waals surface area contributed by atoms with Crippen molar-refractivity contribution in [3.63, 3.8) is 0 Å². The predicted molar refractivity (Wildman–Crippen MR) is 88.4 cm³/mol. The average molecular weight is 337 g/mol. The van der Waals surface area contributed by atoms with Crippen molar-refractivity contribution in [2.45, 2.75) is 65.3 Å². The minimum atomic E-state index is -0.852. The van der Waals surface area contributed by atoms with Gasteiger partial charge in [0.15, 0.2) is 0 Å². The quantitative estimate of drug-likeness (QED) is 0.859. The van der Waals surface area contributed by atoms with Crippen LogP contribution in [0.25, 0.3) is 0 Å². The summed E-state index contributed by atoms with van der Waals surface area (Å²) in [7, 11) is 0. The van der Waals surface area contributed by atoms with E-state index in [0.717, 1.165) is 12.0 Å². The second kappa shape index (κ2) is 7.79. The normalized spacial score (nSPS) is 21.2. The van der Waals surface area contributed by atoms with E-state index in [4.69, 9.17) is 4.74 Å². The molecule has 1 amide bonds. The number of rotatable bonds is 6. The lowest BCUT2D eigenvalue weighted by Crippen LogP contribution is -2.43. The summed E-state index contributed by atoms with van der Waals surface area (Å²) >= 11 is 0. The third-order valence-corrected chi connectivity index (χ3v) is 4.32. The fourth-order valence-corrected chi connectivity index (χ4v) is 3.37. The number of amides is 1. The lowest BCUT2D eigenvalue weighted by Gasteiger charge is -2.30. The molecular formula is C17H27N3O4. The van der Waals surface area contributed by atoms with E-state index >= 15 is 0 Å². The second-order valence-corrected chi connectivity index (χ2v) is 6.84. The molecule has 1 aromatic rings. The highest BCUT2D eigenvalue weighted by Crippen LogP contribution is 2.33. The summed E-state index contributed by atoms with van der Waals surface area (Å²) in [4.78, 5) is 25.7. The van der Waals surface area contributed by atoms with Crippen molar-refractivity contribution in [1.82, 2.24) is 14.7 Å². The summed E-state index contributed by atoms with van der Waals surface area (Å²) in [5, 5.41) is 13.6. The average Bonchev–Trinajstić information content (AvgIpc) is 2.94. The number of carboxylic acids is 1. The van der Waals surface area contributed by atoms with Crippen LogP contribution in [0.2, 0.25) is 0 Å². The summed E-state index contributed by atoms with van der Waals surface area (Å²) in [5.41, 5.74) is 0.718. The summed E-state index contributed by atoms with van der Waals surface area (Å²) in [5.74, 6) is -1.42. The van der Waals surface area contributed by atoms with Crippen LogP contribution >= 0.6 is 0 Å². The maximum atomic E-state index is 12.5. The molecule has 0 aromatic carbocycles. The van der Waals surface area contributed by atoms with Gasteiger partial charge in [0.1, 0.15) is 6.54 Å². The van der Waals surface area contributed by atoms with E-state index in [-0.39, 0.29) is 24.5 Å². The second-order valence-electron chi connectivity index (χ2n) is 6.84. The van der Waals surface area contributed by atoms with E-state index in [1.807, 2.05) is 32.6 Å². The molecule has 0 saturated carbocycles. The minimum absolute atomic E-state index is 0.00556. The molecule has 0 bridgehead atoms. The fourth-order valence-electron chi connectivity index (χ4n) is 3.37. The minimum Gasteiger partial charge on any atom is -0.481 e. The summed E-state index contributed by atoms with van der Waals surface area (Å²) < 4.78 is 7.21. The fraction of sp³-hybridized carbons (Fsp3) is 0.706. The molecule has 2 rings (SSSR count). The number of ether oxygens (including phenoxy) is 1. The highest BCUT2D eigenvalue weighted by atomic mass is 16.5. The van der Waals surface area contributed by atoms with Gasteiger partial charge in [-0.1, -0.05) is 0 Å². The van der Waals surface area contributed by atoms with E-state index in [9.17, 15) is 14.7 Å². The van der Waals surface area contributed by atoms with Crippen LogP contribution in [-0.4, -0.2) is 50.4 Å². The topological polar surface area (TPSA) is 84.7 Å². The van der Waals surface area contributed by atoms with Gasteiger partial charge in [0, 0.05) is 30.5 Å². The van der Waals surface area contributed by atoms with Crippen molar-refractivity contribution in [2.24, 2.45) is 5.92 Å². The van der Waals surface area contributed by atoms with Gasteiger partial charge in [-0.25, -0.2) is 0 Å². The molecule has 7 heteroatoms. The van der Waals surface area contributed by atoms with Gasteiger partial charge in [-0.2, -0.15) is 5.10 Å². The van der Waals surface area contributed by atoms with E-state index in [2.05, 4.69) is 5.10 Å². The Morgan fingerprint density at radius 2 is 2.04 bits per heavy atom. The van der Waals surface area contributed by atoms with Gasteiger partial charge in [-0.15, -0.1) is 0 Å². The molecule has 24 heavy (non-hydrogen) atoms. The number of hydrogen-bond donors (Lipinski definition) is 1. The maximum Gasteiger partial charge on any atom is 0.309 e. The molecule has 1 N–H and O–H groups in total. The molecule has 1 aromatic heterocycles. The largest absolute Gasteiger partial charge is 0.481 e. The lowest BCUT2D eigenvalue weighted by molar-refractivity contribution is -0.152. The molecule has 1 aliphatic heterocycles. The van der Waals surface area contributed by atoms with Crippen molar-refractivity contribution in [3.05, 3.63) is 18.0 Å². The highest BCUT2D eigenvalue weighted by molar-refractivity contribution is 5.76. The number of nitrogens with zero attached hydrogens (tertiary/aromatic N) is 3. The van der Waals surface area contributed by atoms with Crippen LogP contribution in [0.4, 0.5) is 0 Å². The zero-order valence-electron chi connectivity index (χ0n) is 14.8. The lowest BCUT2D eigenvalue weighted by atomic mass is 9.91. The first-order valence-electron chi connectivity index (χ1n) is 8.49. The number of carbonyl (C=O) groups is 2. The number of aromatic nitrogens is 2. The Kier molecular flexibility index (Phi) is 5.99. The number of hydrogen-bond acceptors (Lipinski definition) is 4.